The topological polar surface area (TPSA) is 49.9 Å². The van der Waals surface area contributed by atoms with Gasteiger partial charge in [-0.05, 0) is 26.1 Å². The zero-order chi connectivity index (χ0) is 17.2. The Morgan fingerprint density at radius 2 is 1.57 bits per heavy atom. The van der Waals surface area contributed by atoms with Crippen molar-refractivity contribution in [3.8, 4) is 0 Å². The minimum atomic E-state index is -0.451. The molecule has 2 rings (SSSR count). The van der Waals surface area contributed by atoms with Gasteiger partial charge in [-0.25, -0.2) is 4.79 Å². The summed E-state index contributed by atoms with van der Waals surface area (Å²) in [4.78, 5) is 27.6. The molecule has 0 radical (unpaired) electrons. The third kappa shape index (κ3) is 6.82. The van der Waals surface area contributed by atoms with Crippen LogP contribution in [0.2, 0.25) is 0 Å². The summed E-state index contributed by atoms with van der Waals surface area (Å²) in [6.45, 7) is 9.12. The molecule has 1 aromatic rings. The molecule has 0 bridgehead atoms. The van der Waals surface area contributed by atoms with E-state index in [2.05, 4.69) is 18.7 Å². The number of hydrogen-bond donors (Lipinski definition) is 0. The molecule has 5 heteroatoms. The van der Waals surface area contributed by atoms with Crippen LogP contribution < -0.4 is 0 Å². The molecule has 5 nitrogen and oxygen atoms in total. The molecule has 0 aromatic heterocycles. The van der Waals surface area contributed by atoms with Crippen molar-refractivity contribution >= 4 is 11.9 Å². The van der Waals surface area contributed by atoms with E-state index >= 15 is 0 Å². The number of rotatable bonds is 3. The van der Waals surface area contributed by atoms with Crippen molar-refractivity contribution in [2.24, 2.45) is 0 Å². The summed E-state index contributed by atoms with van der Waals surface area (Å²) in [6.07, 6.45) is 1.25. The van der Waals surface area contributed by atoms with Crippen molar-refractivity contribution in [3.63, 3.8) is 0 Å². The normalized spacial score (nSPS) is 14.7. The van der Waals surface area contributed by atoms with Crippen LogP contribution in [0.3, 0.4) is 0 Å². The van der Waals surface area contributed by atoms with E-state index in [0.29, 0.717) is 18.7 Å². The zero-order valence-corrected chi connectivity index (χ0v) is 14.7. The number of ether oxygens (including phenoxy) is 1. The van der Waals surface area contributed by atoms with E-state index in [1.165, 1.54) is 6.42 Å². The largest absolute Gasteiger partial charge is 0.452 e. The first-order chi connectivity index (χ1) is 11.0. The molecule has 1 aliphatic heterocycles. The first-order valence-electron chi connectivity index (χ1n) is 8.18. The van der Waals surface area contributed by atoms with Gasteiger partial charge < -0.3 is 14.5 Å². The van der Waals surface area contributed by atoms with Gasteiger partial charge in [-0.1, -0.05) is 38.0 Å². The van der Waals surface area contributed by atoms with Crippen molar-refractivity contribution in [1.29, 1.82) is 0 Å². The maximum atomic E-state index is 11.9. The fourth-order valence-electron chi connectivity index (χ4n) is 2.05. The molecule has 1 amide bonds. The average molecular weight is 320 g/mol. The van der Waals surface area contributed by atoms with Crippen LogP contribution in [0, 0.1) is 6.92 Å². The standard InChI is InChI=1S/C15H20N2O3.C3H8/c1-12-3-5-13(6-4-12)15(19)20-11-14(18)17-9-7-16(2)8-10-17;1-3-2/h3-6H,7-11H2,1-2H3;3H2,1-2H3. The highest BCUT2D eigenvalue weighted by atomic mass is 16.5. The van der Waals surface area contributed by atoms with Gasteiger partial charge in [0.1, 0.15) is 0 Å². The number of esters is 1. The summed E-state index contributed by atoms with van der Waals surface area (Å²) in [5.74, 6) is -0.578. The van der Waals surface area contributed by atoms with E-state index in [9.17, 15) is 9.59 Å². The van der Waals surface area contributed by atoms with Gasteiger partial charge in [-0.2, -0.15) is 0 Å². The molecule has 1 saturated heterocycles. The Morgan fingerprint density at radius 3 is 2.09 bits per heavy atom. The number of piperazine rings is 1. The van der Waals surface area contributed by atoms with Gasteiger partial charge in [-0.15, -0.1) is 0 Å². The Labute approximate surface area is 139 Å². The van der Waals surface area contributed by atoms with Crippen molar-refractivity contribution in [2.45, 2.75) is 27.2 Å². The van der Waals surface area contributed by atoms with Crippen molar-refractivity contribution in [1.82, 2.24) is 9.80 Å². The van der Waals surface area contributed by atoms with Crippen molar-refractivity contribution in [3.05, 3.63) is 35.4 Å². The number of hydrogen-bond acceptors (Lipinski definition) is 4. The van der Waals surface area contributed by atoms with Crippen molar-refractivity contribution < 1.29 is 14.3 Å². The van der Waals surface area contributed by atoms with Gasteiger partial charge in [0, 0.05) is 26.2 Å². The van der Waals surface area contributed by atoms with Crippen LogP contribution in [0.5, 0.6) is 0 Å². The lowest BCUT2D eigenvalue weighted by Crippen LogP contribution is -2.48. The number of carbonyl (C=O) groups excluding carboxylic acids is 2. The molecular formula is C18H28N2O3. The van der Waals surface area contributed by atoms with Gasteiger partial charge >= 0.3 is 5.97 Å². The van der Waals surface area contributed by atoms with Gasteiger partial charge in [0.15, 0.2) is 6.61 Å². The molecule has 0 N–H and O–H groups in total. The Balaban J connectivity index is 0.000000816. The second-order valence-electron chi connectivity index (χ2n) is 5.83. The Hall–Kier alpha value is -1.88. The second kappa shape index (κ2) is 10.0. The van der Waals surface area contributed by atoms with E-state index in [1.54, 1.807) is 17.0 Å². The monoisotopic (exact) mass is 320 g/mol. The summed E-state index contributed by atoms with van der Waals surface area (Å²) >= 11 is 0. The van der Waals surface area contributed by atoms with Crippen molar-refractivity contribution in [2.75, 3.05) is 39.8 Å². The fourth-order valence-corrected chi connectivity index (χ4v) is 2.05. The smallest absolute Gasteiger partial charge is 0.338 e. The molecule has 0 spiro atoms. The number of likely N-dealkylation sites (N-methyl/N-ethyl adjacent to an activating group) is 1. The van der Waals surface area contributed by atoms with Gasteiger partial charge in [-0.3, -0.25) is 4.79 Å². The predicted octanol–water partition coefficient (Wildman–Crippen LogP) is 2.34. The lowest BCUT2D eigenvalue weighted by molar-refractivity contribution is -0.136. The van der Waals surface area contributed by atoms with Gasteiger partial charge in [0.25, 0.3) is 5.91 Å². The molecule has 1 heterocycles. The molecule has 0 atom stereocenters. The Morgan fingerprint density at radius 1 is 1.04 bits per heavy atom. The van der Waals surface area contributed by atoms with Crippen LogP contribution in [-0.4, -0.2) is 61.5 Å². The summed E-state index contributed by atoms with van der Waals surface area (Å²) in [5, 5.41) is 0. The molecule has 0 saturated carbocycles. The summed E-state index contributed by atoms with van der Waals surface area (Å²) < 4.78 is 5.07. The SMILES string of the molecule is CCC.Cc1ccc(C(=O)OCC(=O)N2CCN(C)CC2)cc1. The first-order valence-corrected chi connectivity index (χ1v) is 8.18. The Bertz CT molecular complexity index is 491. The number of carbonyl (C=O) groups is 2. The summed E-state index contributed by atoms with van der Waals surface area (Å²) in [5.41, 5.74) is 1.55. The van der Waals surface area contributed by atoms with Gasteiger partial charge in [0.2, 0.25) is 0 Å². The average Bonchev–Trinajstić information content (AvgIpc) is 2.54. The quantitative estimate of drug-likeness (QED) is 0.802. The number of aryl methyl sites for hydroxylation is 1. The van der Waals surface area contributed by atoms with Crippen LogP contribution >= 0.6 is 0 Å². The summed E-state index contributed by atoms with van der Waals surface area (Å²) in [6, 6.07) is 7.10. The van der Waals surface area contributed by atoms with E-state index in [0.717, 1.165) is 18.7 Å². The number of amides is 1. The van der Waals surface area contributed by atoms with Crippen LogP contribution in [-0.2, 0) is 9.53 Å². The fraction of sp³-hybridized carbons (Fsp3) is 0.556. The zero-order valence-electron chi connectivity index (χ0n) is 14.7. The van der Waals surface area contributed by atoms with Crippen LogP contribution in [0.25, 0.3) is 0 Å². The maximum Gasteiger partial charge on any atom is 0.338 e. The molecule has 1 aliphatic rings. The first kappa shape index (κ1) is 19.2. The lowest BCUT2D eigenvalue weighted by atomic mass is 10.1. The van der Waals surface area contributed by atoms with Gasteiger partial charge in [0.05, 0.1) is 5.56 Å². The second-order valence-corrected chi connectivity index (χ2v) is 5.83. The number of benzene rings is 1. The maximum absolute atomic E-state index is 11.9. The molecular weight excluding hydrogens is 292 g/mol. The van der Waals surface area contributed by atoms with E-state index in [-0.39, 0.29) is 12.5 Å². The third-order valence-corrected chi connectivity index (χ3v) is 3.47. The molecule has 128 valence electrons. The predicted molar refractivity (Wildman–Crippen MR) is 91.5 cm³/mol. The highest BCUT2D eigenvalue weighted by molar-refractivity contribution is 5.91. The summed E-state index contributed by atoms with van der Waals surface area (Å²) in [7, 11) is 2.03. The molecule has 1 fully saturated rings. The highest BCUT2D eigenvalue weighted by Gasteiger charge is 2.20. The van der Waals surface area contributed by atoms with Crippen LogP contribution in [0.15, 0.2) is 24.3 Å². The molecule has 0 unspecified atom stereocenters. The molecule has 23 heavy (non-hydrogen) atoms. The minimum absolute atomic E-state index is 0.126. The molecule has 1 aromatic carbocycles. The highest BCUT2D eigenvalue weighted by Crippen LogP contribution is 2.06. The minimum Gasteiger partial charge on any atom is -0.452 e. The molecule has 0 aliphatic carbocycles. The van der Waals surface area contributed by atoms with E-state index < -0.39 is 5.97 Å². The van der Waals surface area contributed by atoms with E-state index in [4.69, 9.17) is 4.74 Å². The third-order valence-electron chi connectivity index (χ3n) is 3.47. The van der Waals surface area contributed by atoms with Crippen LogP contribution in [0.1, 0.15) is 36.2 Å². The lowest BCUT2D eigenvalue weighted by Gasteiger charge is -2.32. The number of nitrogens with zero attached hydrogens (tertiary/aromatic N) is 2. The Kier molecular flexibility index (Phi) is 8.33. The van der Waals surface area contributed by atoms with E-state index in [1.807, 2.05) is 26.1 Å². The van der Waals surface area contributed by atoms with Crippen LogP contribution in [0.4, 0.5) is 0 Å².